The number of halogens is 3. The molecule has 2 aromatic heterocycles. The van der Waals surface area contributed by atoms with Gasteiger partial charge in [0, 0.05) is 40.5 Å². The molecule has 0 unspecified atom stereocenters. The van der Waals surface area contributed by atoms with Gasteiger partial charge in [-0.3, -0.25) is 14.1 Å². The molecule has 31 heavy (non-hydrogen) atoms. The molecule has 0 amide bonds. The van der Waals surface area contributed by atoms with Crippen molar-refractivity contribution < 1.29 is 5.11 Å². The van der Waals surface area contributed by atoms with Crippen LogP contribution in [0.3, 0.4) is 0 Å². The number of aliphatic imine (C=N–C) groups is 1. The van der Waals surface area contributed by atoms with Crippen LogP contribution in [0.5, 0.6) is 0 Å². The summed E-state index contributed by atoms with van der Waals surface area (Å²) in [5, 5.41) is 11.9. The van der Waals surface area contributed by atoms with Gasteiger partial charge in [-0.1, -0.05) is 40.9 Å². The third-order valence-corrected chi connectivity index (χ3v) is 5.78. The van der Waals surface area contributed by atoms with E-state index in [1.54, 1.807) is 47.4 Å². The maximum Gasteiger partial charge on any atom is 0.328 e. The Hall–Kier alpha value is -2.12. The Kier molecular flexibility index (Phi) is 6.01. The fourth-order valence-electron chi connectivity index (χ4n) is 3.64. The number of benzene rings is 1. The van der Waals surface area contributed by atoms with Gasteiger partial charge in [0.1, 0.15) is 5.15 Å². The van der Waals surface area contributed by atoms with Crippen LogP contribution in [0.25, 0.3) is 0 Å². The molecule has 0 aliphatic carbocycles. The molecule has 1 aliphatic rings. The van der Waals surface area contributed by atoms with Gasteiger partial charge in [0.05, 0.1) is 30.1 Å². The quantitative estimate of drug-likeness (QED) is 0.521. The standard InChI is InChI=1S/C22H21Cl3N4O2/c1-22(2,31)12-29-16(7-13-3-4-14(23)8-17(13)24)11-28(21(29)30)10-15-9-19-18(26-15)5-6-20(25)27-19/h3-6,8,11,31H,7,9-10,12H2,1-2H3. The molecule has 0 saturated heterocycles. The van der Waals surface area contributed by atoms with Crippen LogP contribution in [-0.4, -0.2) is 30.5 Å². The summed E-state index contributed by atoms with van der Waals surface area (Å²) in [4.78, 5) is 22.1. The minimum absolute atomic E-state index is 0.156. The molecule has 1 aromatic carbocycles. The summed E-state index contributed by atoms with van der Waals surface area (Å²) in [5.41, 5.74) is 2.72. The minimum Gasteiger partial charge on any atom is -0.389 e. The fourth-order valence-corrected chi connectivity index (χ4v) is 4.28. The van der Waals surface area contributed by atoms with Crippen LogP contribution >= 0.6 is 34.8 Å². The first-order valence-electron chi connectivity index (χ1n) is 9.76. The Morgan fingerprint density at radius 2 is 1.94 bits per heavy atom. The lowest BCUT2D eigenvalue weighted by Crippen LogP contribution is -2.35. The largest absolute Gasteiger partial charge is 0.389 e. The molecular weight excluding hydrogens is 459 g/mol. The zero-order valence-corrected chi connectivity index (χ0v) is 19.3. The summed E-state index contributed by atoms with van der Waals surface area (Å²) in [7, 11) is 0. The highest BCUT2D eigenvalue weighted by Gasteiger charge is 2.22. The van der Waals surface area contributed by atoms with Gasteiger partial charge in [-0.25, -0.2) is 9.78 Å². The third kappa shape index (κ3) is 5.04. The Balaban J connectivity index is 1.66. The topological polar surface area (TPSA) is 72.4 Å². The summed E-state index contributed by atoms with van der Waals surface area (Å²) in [5.74, 6) is 0. The molecule has 3 aromatic rings. The van der Waals surface area contributed by atoms with Crippen molar-refractivity contribution in [2.75, 3.05) is 0 Å². The maximum absolute atomic E-state index is 13.2. The Labute approximate surface area is 194 Å². The molecular formula is C22H21Cl3N4O2. The summed E-state index contributed by atoms with van der Waals surface area (Å²) >= 11 is 18.3. The van der Waals surface area contributed by atoms with E-state index in [2.05, 4.69) is 9.98 Å². The number of aliphatic hydroxyl groups is 1. The average molecular weight is 480 g/mol. The van der Waals surface area contributed by atoms with Gasteiger partial charge in [-0.15, -0.1) is 0 Å². The van der Waals surface area contributed by atoms with Crippen molar-refractivity contribution in [3.05, 3.63) is 79.2 Å². The van der Waals surface area contributed by atoms with Crippen molar-refractivity contribution in [3.8, 4) is 0 Å². The Morgan fingerprint density at radius 3 is 2.65 bits per heavy atom. The van der Waals surface area contributed by atoms with Crippen LogP contribution in [0.15, 0.2) is 46.3 Å². The van der Waals surface area contributed by atoms with Crippen molar-refractivity contribution in [1.82, 2.24) is 14.1 Å². The number of nitrogens with zero attached hydrogens (tertiary/aromatic N) is 4. The van der Waals surface area contributed by atoms with E-state index in [9.17, 15) is 9.90 Å². The van der Waals surface area contributed by atoms with Crippen LogP contribution in [0.4, 0.5) is 5.69 Å². The lowest BCUT2D eigenvalue weighted by molar-refractivity contribution is 0.0596. The van der Waals surface area contributed by atoms with Gasteiger partial charge in [-0.2, -0.15) is 0 Å². The van der Waals surface area contributed by atoms with Gasteiger partial charge in [-0.05, 0) is 43.7 Å². The van der Waals surface area contributed by atoms with E-state index < -0.39 is 5.60 Å². The molecule has 162 valence electrons. The number of aromatic nitrogens is 3. The summed E-state index contributed by atoms with van der Waals surface area (Å²) in [6.07, 6.45) is 2.76. The van der Waals surface area contributed by atoms with Crippen LogP contribution < -0.4 is 5.69 Å². The summed E-state index contributed by atoms with van der Waals surface area (Å²) < 4.78 is 3.19. The van der Waals surface area contributed by atoms with E-state index in [0.717, 1.165) is 28.4 Å². The molecule has 0 fully saturated rings. The van der Waals surface area contributed by atoms with E-state index in [1.165, 1.54) is 0 Å². The van der Waals surface area contributed by atoms with Gasteiger partial charge < -0.3 is 5.11 Å². The number of hydrogen-bond donors (Lipinski definition) is 1. The first-order valence-corrected chi connectivity index (χ1v) is 10.9. The highest BCUT2D eigenvalue weighted by molar-refractivity contribution is 6.35. The molecule has 6 nitrogen and oxygen atoms in total. The summed E-state index contributed by atoms with van der Waals surface area (Å²) in [6.45, 7) is 3.82. The van der Waals surface area contributed by atoms with E-state index in [0.29, 0.717) is 34.6 Å². The zero-order valence-electron chi connectivity index (χ0n) is 17.1. The van der Waals surface area contributed by atoms with Crippen LogP contribution in [0, 0.1) is 0 Å². The van der Waals surface area contributed by atoms with E-state index in [-0.39, 0.29) is 12.2 Å². The monoisotopic (exact) mass is 478 g/mol. The Morgan fingerprint density at radius 1 is 1.16 bits per heavy atom. The van der Waals surface area contributed by atoms with Crippen molar-refractivity contribution in [3.63, 3.8) is 0 Å². The summed E-state index contributed by atoms with van der Waals surface area (Å²) in [6, 6.07) is 8.81. The molecule has 0 bridgehead atoms. The second kappa shape index (κ2) is 8.43. The SMILES string of the molecule is CC(C)(O)Cn1c(Cc2ccc(Cl)cc2Cl)cn(CC2=Nc3ccc(Cl)nc3C2)c1=O. The second-order valence-corrected chi connectivity index (χ2v) is 9.53. The van der Waals surface area contributed by atoms with Gasteiger partial charge in [0.15, 0.2) is 0 Å². The molecule has 4 rings (SSSR count). The number of fused-ring (bicyclic) bond motifs is 1. The number of imidazole rings is 1. The highest BCUT2D eigenvalue weighted by atomic mass is 35.5. The third-order valence-electron chi connectivity index (χ3n) is 4.98. The number of pyridine rings is 1. The average Bonchev–Trinajstić information content (AvgIpc) is 3.18. The van der Waals surface area contributed by atoms with Crippen molar-refractivity contribution in [1.29, 1.82) is 0 Å². The first-order chi connectivity index (χ1) is 14.6. The van der Waals surface area contributed by atoms with E-state index >= 15 is 0 Å². The first kappa shape index (κ1) is 22.1. The van der Waals surface area contributed by atoms with Gasteiger partial charge in [0.2, 0.25) is 0 Å². The van der Waals surface area contributed by atoms with Crippen LogP contribution in [-0.2, 0) is 25.9 Å². The molecule has 0 radical (unpaired) electrons. The maximum atomic E-state index is 13.2. The van der Waals surface area contributed by atoms with Gasteiger partial charge >= 0.3 is 5.69 Å². The van der Waals surface area contributed by atoms with E-state index in [4.69, 9.17) is 34.8 Å². The van der Waals surface area contributed by atoms with Crippen molar-refractivity contribution in [2.45, 2.75) is 45.4 Å². The molecule has 3 heterocycles. The molecule has 0 saturated carbocycles. The molecule has 9 heteroatoms. The number of rotatable bonds is 6. The molecule has 0 spiro atoms. The second-order valence-electron chi connectivity index (χ2n) is 8.30. The highest BCUT2D eigenvalue weighted by Crippen LogP contribution is 2.27. The molecule has 1 N–H and O–H groups in total. The van der Waals surface area contributed by atoms with Crippen molar-refractivity contribution in [2.24, 2.45) is 4.99 Å². The predicted molar refractivity (Wildman–Crippen MR) is 124 cm³/mol. The van der Waals surface area contributed by atoms with Crippen molar-refractivity contribution >= 4 is 46.2 Å². The Bertz CT molecular complexity index is 1240. The van der Waals surface area contributed by atoms with Crippen LogP contribution in [0.2, 0.25) is 15.2 Å². The lowest BCUT2D eigenvalue weighted by atomic mass is 10.1. The molecule has 1 aliphatic heterocycles. The van der Waals surface area contributed by atoms with E-state index in [1.807, 2.05) is 12.1 Å². The van der Waals surface area contributed by atoms with Gasteiger partial charge in [0.25, 0.3) is 0 Å². The minimum atomic E-state index is -1.06. The fraction of sp³-hybridized carbons (Fsp3) is 0.318. The number of hydrogen-bond acceptors (Lipinski definition) is 4. The zero-order chi connectivity index (χ0) is 22.3. The lowest BCUT2D eigenvalue weighted by Gasteiger charge is -2.19. The molecule has 0 atom stereocenters. The smallest absolute Gasteiger partial charge is 0.328 e. The van der Waals surface area contributed by atoms with Crippen LogP contribution in [0.1, 0.15) is 30.8 Å². The normalized spacial score (nSPS) is 13.4. The predicted octanol–water partition coefficient (Wildman–Crippen LogP) is 4.70.